The number of aliphatic hydroxyl groups is 3. The Hall–Kier alpha value is -0.925. The van der Waals surface area contributed by atoms with Crippen molar-refractivity contribution < 1.29 is 34.4 Å². The van der Waals surface area contributed by atoms with Crippen LogP contribution in [0.15, 0.2) is 12.2 Å². The highest BCUT2D eigenvalue weighted by Gasteiger charge is 2.22. The molecular formula is C21H41BO7. The maximum absolute atomic E-state index is 11.5. The topological polar surface area (TPSA) is 116 Å². The Morgan fingerprint density at radius 3 is 2.38 bits per heavy atom. The highest BCUT2D eigenvalue weighted by Crippen LogP contribution is 2.11. The van der Waals surface area contributed by atoms with Gasteiger partial charge in [-0.15, -0.1) is 0 Å². The second kappa shape index (κ2) is 20.4. The Labute approximate surface area is 176 Å². The summed E-state index contributed by atoms with van der Waals surface area (Å²) in [5, 5.41) is 36.9. The molecule has 0 spiro atoms. The molecule has 0 aromatic rings. The molecule has 170 valence electrons. The lowest BCUT2D eigenvalue weighted by Gasteiger charge is -2.11. The largest absolute Gasteiger partial charge is 0.712 e. The Morgan fingerprint density at radius 2 is 1.66 bits per heavy atom. The van der Waals surface area contributed by atoms with Crippen LogP contribution >= 0.6 is 0 Å². The number of hydrogen-bond acceptors (Lipinski definition) is 7. The quantitative estimate of drug-likeness (QED) is 0.137. The van der Waals surface area contributed by atoms with Crippen molar-refractivity contribution in [2.75, 3.05) is 13.2 Å². The van der Waals surface area contributed by atoms with Crippen LogP contribution in [0.5, 0.6) is 0 Å². The van der Waals surface area contributed by atoms with Gasteiger partial charge in [0.25, 0.3) is 5.97 Å². The van der Waals surface area contributed by atoms with Crippen molar-refractivity contribution in [2.45, 2.75) is 103 Å². The average molecular weight is 416 g/mol. The van der Waals surface area contributed by atoms with Gasteiger partial charge in [-0.25, -0.2) is 0 Å². The molecule has 0 aliphatic rings. The van der Waals surface area contributed by atoms with Gasteiger partial charge >= 0.3 is 7.32 Å². The molecule has 0 amide bonds. The van der Waals surface area contributed by atoms with Gasteiger partial charge in [-0.3, -0.25) is 4.79 Å². The molecule has 7 nitrogen and oxygen atoms in total. The van der Waals surface area contributed by atoms with E-state index in [1.165, 1.54) is 19.3 Å². The molecular weight excluding hydrogens is 375 g/mol. The summed E-state index contributed by atoms with van der Waals surface area (Å²) in [6.07, 6.45) is 15.3. The number of unbranched alkanes of at least 4 members (excludes halogenated alkanes) is 8. The smallest absolute Gasteiger partial charge is 0.485 e. The van der Waals surface area contributed by atoms with Crippen LogP contribution in [-0.4, -0.2) is 59.1 Å². The first-order valence-corrected chi connectivity index (χ1v) is 11.1. The van der Waals surface area contributed by atoms with Crippen molar-refractivity contribution in [1.29, 1.82) is 0 Å². The van der Waals surface area contributed by atoms with Crippen LogP contribution < -0.4 is 0 Å². The zero-order valence-electron chi connectivity index (χ0n) is 18.0. The maximum Gasteiger partial charge on any atom is 0.712 e. The molecule has 0 fully saturated rings. The van der Waals surface area contributed by atoms with Crippen molar-refractivity contribution in [3.05, 3.63) is 12.2 Å². The van der Waals surface area contributed by atoms with Crippen molar-refractivity contribution in [3.8, 4) is 0 Å². The molecule has 4 N–H and O–H groups in total. The van der Waals surface area contributed by atoms with E-state index in [0.29, 0.717) is 6.42 Å². The molecule has 0 aliphatic carbocycles. The fraction of sp³-hybridized carbons (Fsp3) is 0.857. The number of carbonyl (C=O) groups excluding carboxylic acids is 1. The van der Waals surface area contributed by atoms with E-state index in [9.17, 15) is 14.9 Å². The molecule has 0 aromatic carbocycles. The van der Waals surface area contributed by atoms with Gasteiger partial charge in [-0.05, 0) is 32.1 Å². The second-order valence-electron chi connectivity index (χ2n) is 7.48. The fourth-order valence-corrected chi connectivity index (χ4v) is 2.81. The first-order valence-electron chi connectivity index (χ1n) is 11.1. The lowest BCUT2D eigenvalue weighted by Crippen LogP contribution is -2.31. The van der Waals surface area contributed by atoms with Crippen LogP contribution in [0.1, 0.15) is 90.4 Å². The van der Waals surface area contributed by atoms with Crippen LogP contribution in [0.2, 0.25) is 0 Å². The average Bonchev–Trinajstić information content (AvgIpc) is 2.70. The SMILES string of the molecule is CCCCCC[C@@H](O)C/C=C\CCCCCCCC(=O)OB(O)OCC(O)CO. The summed E-state index contributed by atoms with van der Waals surface area (Å²) in [5.41, 5.74) is 0. The Balaban J connectivity index is 3.46. The van der Waals surface area contributed by atoms with E-state index in [4.69, 9.17) is 10.2 Å². The second-order valence-corrected chi connectivity index (χ2v) is 7.48. The van der Waals surface area contributed by atoms with Crippen molar-refractivity contribution in [2.24, 2.45) is 0 Å². The zero-order valence-corrected chi connectivity index (χ0v) is 18.0. The molecule has 0 rings (SSSR count). The lowest BCUT2D eigenvalue weighted by molar-refractivity contribution is -0.137. The zero-order chi connectivity index (χ0) is 21.7. The Morgan fingerprint density at radius 1 is 0.966 bits per heavy atom. The maximum atomic E-state index is 11.5. The van der Waals surface area contributed by atoms with E-state index in [1.54, 1.807) is 0 Å². The van der Waals surface area contributed by atoms with Crippen LogP contribution in [0, 0.1) is 0 Å². The molecule has 0 aliphatic heterocycles. The monoisotopic (exact) mass is 416 g/mol. The molecule has 0 heterocycles. The molecule has 1 unspecified atom stereocenters. The summed E-state index contributed by atoms with van der Waals surface area (Å²) in [5.74, 6) is -0.549. The normalized spacial score (nSPS) is 13.6. The summed E-state index contributed by atoms with van der Waals surface area (Å²) < 4.78 is 9.33. The first kappa shape index (κ1) is 28.1. The van der Waals surface area contributed by atoms with E-state index in [0.717, 1.165) is 51.4 Å². The van der Waals surface area contributed by atoms with Crippen molar-refractivity contribution in [3.63, 3.8) is 0 Å². The van der Waals surface area contributed by atoms with Gasteiger partial charge in [0.05, 0.1) is 25.4 Å². The molecule has 0 radical (unpaired) electrons. The third-order valence-electron chi connectivity index (χ3n) is 4.59. The van der Waals surface area contributed by atoms with Crippen LogP contribution in [0.3, 0.4) is 0 Å². The minimum absolute atomic E-state index is 0.207. The van der Waals surface area contributed by atoms with E-state index < -0.39 is 26.0 Å². The van der Waals surface area contributed by atoms with Gasteiger partial charge in [0.2, 0.25) is 0 Å². The predicted molar refractivity (Wildman–Crippen MR) is 114 cm³/mol. The molecule has 0 saturated heterocycles. The van der Waals surface area contributed by atoms with E-state index in [-0.39, 0.29) is 19.1 Å². The minimum Gasteiger partial charge on any atom is -0.485 e. The standard InChI is InChI=1S/C21H41BO7/c1-2-3-4-11-14-19(24)15-12-9-7-5-6-8-10-13-16-21(26)29-22(27)28-18-20(25)17-23/h9,12,19-20,23-25,27H,2-8,10-11,13-18H2,1H3/b12-9-/t19-,20?/m1/s1. The molecule has 0 saturated carbocycles. The molecule has 29 heavy (non-hydrogen) atoms. The van der Waals surface area contributed by atoms with Gasteiger partial charge in [0.15, 0.2) is 0 Å². The Kier molecular flexibility index (Phi) is 19.7. The number of allylic oxidation sites excluding steroid dienone is 1. The van der Waals surface area contributed by atoms with Gasteiger partial charge < -0.3 is 29.7 Å². The van der Waals surface area contributed by atoms with Crippen molar-refractivity contribution in [1.82, 2.24) is 0 Å². The summed E-state index contributed by atoms with van der Waals surface area (Å²) in [7, 11) is -1.72. The van der Waals surface area contributed by atoms with E-state index in [1.807, 2.05) is 0 Å². The lowest BCUT2D eigenvalue weighted by atomic mass is 10.1. The summed E-state index contributed by atoms with van der Waals surface area (Å²) in [4.78, 5) is 11.5. The minimum atomic E-state index is -1.72. The summed E-state index contributed by atoms with van der Waals surface area (Å²) in [6, 6.07) is 0. The van der Waals surface area contributed by atoms with Crippen LogP contribution in [-0.2, 0) is 14.1 Å². The number of hydrogen-bond donors (Lipinski definition) is 4. The van der Waals surface area contributed by atoms with Crippen molar-refractivity contribution >= 4 is 13.3 Å². The van der Waals surface area contributed by atoms with Gasteiger partial charge in [-0.1, -0.05) is 64.0 Å². The summed E-state index contributed by atoms with van der Waals surface area (Å²) in [6.45, 7) is 1.39. The van der Waals surface area contributed by atoms with Gasteiger partial charge in [0, 0.05) is 6.42 Å². The van der Waals surface area contributed by atoms with E-state index >= 15 is 0 Å². The molecule has 2 atom stereocenters. The predicted octanol–water partition coefficient (Wildman–Crippen LogP) is 2.88. The first-order chi connectivity index (χ1) is 14.0. The van der Waals surface area contributed by atoms with Crippen LogP contribution in [0.25, 0.3) is 0 Å². The van der Waals surface area contributed by atoms with Crippen LogP contribution in [0.4, 0.5) is 0 Å². The fourth-order valence-electron chi connectivity index (χ4n) is 2.81. The summed E-state index contributed by atoms with van der Waals surface area (Å²) >= 11 is 0. The highest BCUT2D eigenvalue weighted by atomic mass is 16.7. The molecule has 0 bridgehead atoms. The third-order valence-corrected chi connectivity index (χ3v) is 4.59. The van der Waals surface area contributed by atoms with Gasteiger partial charge in [0.1, 0.15) is 0 Å². The number of rotatable bonds is 20. The molecule has 0 aromatic heterocycles. The number of aliphatic hydroxyl groups excluding tert-OH is 3. The highest BCUT2D eigenvalue weighted by molar-refractivity contribution is 6.37. The number of carbonyl (C=O) groups is 1. The van der Waals surface area contributed by atoms with Gasteiger partial charge in [-0.2, -0.15) is 0 Å². The Bertz CT molecular complexity index is 406. The van der Waals surface area contributed by atoms with E-state index in [2.05, 4.69) is 28.4 Å². The third kappa shape index (κ3) is 20.1. The molecule has 8 heteroatoms.